The minimum absolute atomic E-state index is 0.443. The fourth-order valence-electron chi connectivity index (χ4n) is 3.01. The molecule has 0 aliphatic carbocycles. The van der Waals surface area contributed by atoms with Gasteiger partial charge in [0.1, 0.15) is 17.8 Å². The number of nitrogens with zero attached hydrogens (tertiary/aromatic N) is 3. The molecule has 0 radical (unpaired) electrons. The number of hydrogen-bond acceptors (Lipinski definition) is 4. The van der Waals surface area contributed by atoms with Crippen LogP contribution in [-0.4, -0.2) is 43.9 Å². The Morgan fingerprint density at radius 1 is 1.33 bits per heavy atom. The van der Waals surface area contributed by atoms with Gasteiger partial charge in [0.15, 0.2) is 0 Å². The van der Waals surface area contributed by atoms with Crippen LogP contribution >= 0.6 is 0 Å². The lowest BCUT2D eigenvalue weighted by molar-refractivity contribution is 0.143. The standard InChI is InChI=1S/C19H24N4O/c1-19(2,24)10-9-15-5-7-16(8-6-15)12-23-11-3-4-17(13-23)18-20-14-21-22-18/h5-8,14,17,24H,3-4,11-13H2,1-2H3,(H,20,21,22)/t17-/m1/s1. The molecule has 0 unspecified atom stereocenters. The molecule has 0 spiro atoms. The van der Waals surface area contributed by atoms with E-state index in [9.17, 15) is 5.11 Å². The zero-order valence-corrected chi connectivity index (χ0v) is 14.3. The Labute approximate surface area is 143 Å². The van der Waals surface area contributed by atoms with E-state index >= 15 is 0 Å². The number of aliphatic hydroxyl groups is 1. The Bertz CT molecular complexity index is 705. The first-order valence-corrected chi connectivity index (χ1v) is 8.42. The summed E-state index contributed by atoms with van der Waals surface area (Å²) >= 11 is 0. The van der Waals surface area contributed by atoms with Gasteiger partial charge in [-0.2, -0.15) is 5.10 Å². The predicted molar refractivity (Wildman–Crippen MR) is 93.3 cm³/mol. The van der Waals surface area contributed by atoms with Crippen LogP contribution in [-0.2, 0) is 6.54 Å². The Balaban J connectivity index is 1.60. The minimum atomic E-state index is -0.956. The lowest BCUT2D eigenvalue weighted by atomic mass is 9.97. The van der Waals surface area contributed by atoms with Gasteiger partial charge in [-0.3, -0.25) is 10.00 Å². The highest BCUT2D eigenvalue weighted by atomic mass is 16.3. The number of aromatic amines is 1. The van der Waals surface area contributed by atoms with Gasteiger partial charge in [-0.05, 0) is 50.9 Å². The molecule has 2 heterocycles. The van der Waals surface area contributed by atoms with Gasteiger partial charge in [-0.1, -0.05) is 24.0 Å². The van der Waals surface area contributed by atoms with E-state index in [4.69, 9.17) is 0 Å². The largest absolute Gasteiger partial charge is 0.378 e. The molecule has 0 saturated carbocycles. The summed E-state index contributed by atoms with van der Waals surface area (Å²) in [5.41, 5.74) is 1.25. The van der Waals surface area contributed by atoms with E-state index in [1.54, 1.807) is 20.2 Å². The quantitative estimate of drug-likeness (QED) is 0.851. The minimum Gasteiger partial charge on any atom is -0.378 e. The van der Waals surface area contributed by atoms with Gasteiger partial charge in [0.25, 0.3) is 0 Å². The van der Waals surface area contributed by atoms with E-state index < -0.39 is 5.60 Å². The van der Waals surface area contributed by atoms with Crippen LogP contribution in [0.15, 0.2) is 30.6 Å². The normalized spacial score (nSPS) is 18.9. The molecule has 5 heteroatoms. The van der Waals surface area contributed by atoms with Gasteiger partial charge in [0.05, 0.1) is 0 Å². The zero-order valence-electron chi connectivity index (χ0n) is 14.3. The number of rotatable bonds is 3. The number of benzene rings is 1. The average Bonchev–Trinajstić information content (AvgIpc) is 3.08. The fourth-order valence-corrected chi connectivity index (χ4v) is 3.01. The smallest absolute Gasteiger partial charge is 0.137 e. The maximum absolute atomic E-state index is 9.66. The van der Waals surface area contributed by atoms with Crippen LogP contribution in [0, 0.1) is 11.8 Å². The van der Waals surface area contributed by atoms with Crippen molar-refractivity contribution in [2.24, 2.45) is 0 Å². The highest BCUT2D eigenvalue weighted by Gasteiger charge is 2.23. The SMILES string of the molecule is CC(C)(O)C#Cc1ccc(CN2CCC[C@@H](c3ncn[nH]3)C2)cc1. The fraction of sp³-hybridized carbons (Fsp3) is 0.474. The van der Waals surface area contributed by atoms with Crippen LogP contribution < -0.4 is 0 Å². The van der Waals surface area contributed by atoms with Crippen molar-refractivity contribution in [3.05, 3.63) is 47.5 Å². The maximum Gasteiger partial charge on any atom is 0.137 e. The second-order valence-corrected chi connectivity index (χ2v) is 6.95. The van der Waals surface area contributed by atoms with Gasteiger partial charge < -0.3 is 5.11 Å². The Morgan fingerprint density at radius 2 is 2.12 bits per heavy atom. The summed E-state index contributed by atoms with van der Waals surface area (Å²) in [6, 6.07) is 8.27. The van der Waals surface area contributed by atoms with Crippen molar-refractivity contribution in [1.29, 1.82) is 0 Å². The number of hydrogen-bond donors (Lipinski definition) is 2. The highest BCUT2D eigenvalue weighted by molar-refractivity contribution is 5.37. The molecular formula is C19H24N4O. The molecular weight excluding hydrogens is 300 g/mol. The predicted octanol–water partition coefficient (Wildman–Crippen LogP) is 2.31. The molecule has 0 amide bonds. The van der Waals surface area contributed by atoms with Crippen molar-refractivity contribution in [2.45, 2.75) is 44.8 Å². The number of aromatic nitrogens is 3. The summed E-state index contributed by atoms with van der Waals surface area (Å²) in [7, 11) is 0. The monoisotopic (exact) mass is 324 g/mol. The lowest BCUT2D eigenvalue weighted by Gasteiger charge is -2.31. The molecule has 2 N–H and O–H groups in total. The number of H-pyrrole nitrogens is 1. The van der Waals surface area contributed by atoms with Crippen molar-refractivity contribution >= 4 is 0 Å². The molecule has 1 atom stereocenters. The highest BCUT2D eigenvalue weighted by Crippen LogP contribution is 2.25. The summed E-state index contributed by atoms with van der Waals surface area (Å²) in [5.74, 6) is 7.29. The molecule has 1 aromatic carbocycles. The lowest BCUT2D eigenvalue weighted by Crippen LogP contribution is -2.34. The van der Waals surface area contributed by atoms with Crippen LogP contribution in [0.4, 0.5) is 0 Å². The van der Waals surface area contributed by atoms with Crippen LogP contribution in [0.2, 0.25) is 0 Å². The molecule has 1 aliphatic rings. The van der Waals surface area contributed by atoms with Crippen molar-refractivity contribution in [3.63, 3.8) is 0 Å². The summed E-state index contributed by atoms with van der Waals surface area (Å²) in [6.07, 6.45) is 3.93. The first-order valence-electron chi connectivity index (χ1n) is 8.42. The number of piperidine rings is 1. The van der Waals surface area contributed by atoms with Gasteiger partial charge in [0, 0.05) is 24.6 Å². The van der Waals surface area contributed by atoms with Crippen LogP contribution in [0.3, 0.4) is 0 Å². The number of likely N-dealkylation sites (tertiary alicyclic amines) is 1. The third-order valence-corrected chi connectivity index (χ3v) is 4.20. The van der Waals surface area contributed by atoms with E-state index in [0.717, 1.165) is 37.4 Å². The van der Waals surface area contributed by atoms with Gasteiger partial charge in [-0.25, -0.2) is 4.98 Å². The first kappa shape index (κ1) is 16.7. The molecule has 126 valence electrons. The van der Waals surface area contributed by atoms with Crippen molar-refractivity contribution in [3.8, 4) is 11.8 Å². The van der Waals surface area contributed by atoms with Crippen molar-refractivity contribution in [2.75, 3.05) is 13.1 Å². The second kappa shape index (κ2) is 7.16. The summed E-state index contributed by atoms with van der Waals surface area (Å²) in [6.45, 7) is 6.44. The number of nitrogens with one attached hydrogen (secondary N) is 1. The van der Waals surface area contributed by atoms with Crippen LogP contribution in [0.5, 0.6) is 0 Å². The van der Waals surface area contributed by atoms with E-state index in [2.05, 4.69) is 44.1 Å². The van der Waals surface area contributed by atoms with Gasteiger partial charge in [-0.15, -0.1) is 0 Å². The second-order valence-electron chi connectivity index (χ2n) is 6.95. The van der Waals surface area contributed by atoms with Gasteiger partial charge >= 0.3 is 0 Å². The zero-order chi connectivity index (χ0) is 17.0. The van der Waals surface area contributed by atoms with Crippen LogP contribution in [0.25, 0.3) is 0 Å². The summed E-state index contributed by atoms with van der Waals surface area (Å²) in [4.78, 5) is 6.77. The molecule has 1 saturated heterocycles. The Kier molecular flexibility index (Phi) is 4.98. The molecule has 3 rings (SSSR count). The molecule has 5 nitrogen and oxygen atoms in total. The van der Waals surface area contributed by atoms with E-state index in [0.29, 0.717) is 5.92 Å². The summed E-state index contributed by atoms with van der Waals surface area (Å²) in [5, 5.41) is 16.6. The molecule has 2 aromatic rings. The Hall–Kier alpha value is -2.16. The molecule has 1 fully saturated rings. The van der Waals surface area contributed by atoms with Gasteiger partial charge in [0.2, 0.25) is 0 Å². The summed E-state index contributed by atoms with van der Waals surface area (Å²) < 4.78 is 0. The van der Waals surface area contributed by atoms with E-state index in [1.165, 1.54) is 12.0 Å². The topological polar surface area (TPSA) is 65.0 Å². The molecule has 0 bridgehead atoms. The molecule has 1 aliphatic heterocycles. The van der Waals surface area contributed by atoms with Crippen molar-refractivity contribution < 1.29 is 5.11 Å². The maximum atomic E-state index is 9.66. The molecule has 24 heavy (non-hydrogen) atoms. The van der Waals surface area contributed by atoms with E-state index in [1.807, 2.05) is 12.1 Å². The van der Waals surface area contributed by atoms with E-state index in [-0.39, 0.29) is 0 Å². The first-order chi connectivity index (χ1) is 11.5. The third kappa shape index (κ3) is 4.67. The third-order valence-electron chi connectivity index (χ3n) is 4.20. The molecule has 1 aromatic heterocycles. The van der Waals surface area contributed by atoms with Crippen LogP contribution in [0.1, 0.15) is 49.6 Å². The van der Waals surface area contributed by atoms with Crippen molar-refractivity contribution in [1.82, 2.24) is 20.1 Å². The Morgan fingerprint density at radius 3 is 2.79 bits per heavy atom. The average molecular weight is 324 g/mol.